The molecule has 0 unspecified atom stereocenters. The molecule has 10 nitrogen and oxygen atoms in total. The Bertz CT molecular complexity index is 1120. The fourth-order valence-electron chi connectivity index (χ4n) is 3.48. The van der Waals surface area contributed by atoms with E-state index in [4.69, 9.17) is 15.2 Å². The Labute approximate surface area is 198 Å². The largest absolute Gasteiger partial charge is 0.493 e. The van der Waals surface area contributed by atoms with Crippen LogP contribution < -0.4 is 31.4 Å². The molecule has 0 spiro atoms. The van der Waals surface area contributed by atoms with Crippen LogP contribution in [0.2, 0.25) is 0 Å². The zero-order valence-corrected chi connectivity index (χ0v) is 20.3. The Morgan fingerprint density at radius 2 is 1.79 bits per heavy atom. The standard InChI is InChI=1S/C24H34N4O6/c1-5-7-9-13-27(21-22(25)28(12-8-6-2)24(32)26-23(21)31)20(30)15-34-18-11-10-17(16(3)29)14-19(18)33-4/h10-11,14H,5-9,12-13,15,25H2,1-4H3,(H,26,31,32). The molecule has 34 heavy (non-hydrogen) atoms. The number of carbonyl (C=O) groups is 2. The van der Waals surface area contributed by atoms with Gasteiger partial charge in [0.2, 0.25) is 0 Å². The predicted molar refractivity (Wildman–Crippen MR) is 131 cm³/mol. The van der Waals surface area contributed by atoms with Gasteiger partial charge in [-0.2, -0.15) is 0 Å². The topological polar surface area (TPSA) is 137 Å². The summed E-state index contributed by atoms with van der Waals surface area (Å²) in [7, 11) is 1.44. The minimum atomic E-state index is -0.719. The molecular formula is C24H34N4O6. The maximum Gasteiger partial charge on any atom is 0.330 e. The fraction of sp³-hybridized carbons (Fsp3) is 0.500. The third-order valence-corrected chi connectivity index (χ3v) is 5.43. The number of aromatic amines is 1. The average Bonchev–Trinajstić information content (AvgIpc) is 2.81. The lowest BCUT2D eigenvalue weighted by molar-refractivity contribution is -0.120. The van der Waals surface area contributed by atoms with Crippen LogP contribution in [0.25, 0.3) is 0 Å². The number of nitrogens with two attached hydrogens (primary N) is 1. The first kappa shape index (κ1) is 26.7. The van der Waals surface area contributed by atoms with Crippen molar-refractivity contribution < 1.29 is 19.1 Å². The third kappa shape index (κ3) is 6.49. The van der Waals surface area contributed by atoms with Gasteiger partial charge in [-0.3, -0.25) is 23.9 Å². The summed E-state index contributed by atoms with van der Waals surface area (Å²) in [5.74, 6) is -0.0780. The van der Waals surface area contributed by atoms with Crippen molar-refractivity contribution in [2.75, 3.05) is 30.9 Å². The zero-order valence-electron chi connectivity index (χ0n) is 20.3. The number of methoxy groups -OCH3 is 1. The molecule has 1 aromatic heterocycles. The summed E-state index contributed by atoms with van der Waals surface area (Å²) in [5, 5.41) is 0. The number of hydrogen-bond acceptors (Lipinski definition) is 7. The first-order chi connectivity index (χ1) is 16.2. The van der Waals surface area contributed by atoms with Crippen LogP contribution in [0.4, 0.5) is 11.5 Å². The van der Waals surface area contributed by atoms with Crippen LogP contribution in [0.15, 0.2) is 27.8 Å². The number of carbonyl (C=O) groups excluding carboxylic acids is 2. The second-order valence-electron chi connectivity index (χ2n) is 7.96. The first-order valence-electron chi connectivity index (χ1n) is 11.5. The highest BCUT2D eigenvalue weighted by Crippen LogP contribution is 2.28. The van der Waals surface area contributed by atoms with Crippen LogP contribution in [-0.2, 0) is 11.3 Å². The SMILES string of the molecule is CCCCCN(C(=O)COc1ccc(C(C)=O)cc1OC)c1c(N)n(CCCC)c(=O)[nH]c1=O. The fourth-order valence-corrected chi connectivity index (χ4v) is 3.48. The number of rotatable bonds is 13. The number of nitrogens with zero attached hydrogens (tertiary/aromatic N) is 2. The molecule has 3 N–H and O–H groups in total. The number of unbranched alkanes of at least 4 members (excludes halogenated alkanes) is 3. The van der Waals surface area contributed by atoms with Crippen LogP contribution in [0.1, 0.15) is 63.2 Å². The molecular weight excluding hydrogens is 440 g/mol. The molecule has 186 valence electrons. The molecule has 0 atom stereocenters. The van der Waals surface area contributed by atoms with Gasteiger partial charge in [0, 0.05) is 18.7 Å². The average molecular weight is 475 g/mol. The van der Waals surface area contributed by atoms with Crippen molar-refractivity contribution >= 4 is 23.2 Å². The highest BCUT2D eigenvalue weighted by Gasteiger charge is 2.24. The van der Waals surface area contributed by atoms with Gasteiger partial charge in [0.1, 0.15) is 5.82 Å². The minimum Gasteiger partial charge on any atom is -0.493 e. The molecule has 0 saturated carbocycles. The number of aromatic nitrogens is 2. The van der Waals surface area contributed by atoms with E-state index in [0.717, 1.165) is 19.3 Å². The highest BCUT2D eigenvalue weighted by molar-refractivity contribution is 5.97. The number of amides is 1. The summed E-state index contributed by atoms with van der Waals surface area (Å²) < 4.78 is 12.2. The van der Waals surface area contributed by atoms with Gasteiger partial charge < -0.3 is 20.1 Å². The smallest absolute Gasteiger partial charge is 0.330 e. The molecule has 0 aliphatic carbocycles. The summed E-state index contributed by atoms with van der Waals surface area (Å²) >= 11 is 0. The molecule has 2 rings (SSSR count). The Balaban J connectivity index is 2.37. The molecule has 0 aliphatic heterocycles. The number of H-pyrrole nitrogens is 1. The van der Waals surface area contributed by atoms with E-state index in [1.807, 2.05) is 13.8 Å². The molecule has 0 radical (unpaired) electrons. The number of ketones is 1. The van der Waals surface area contributed by atoms with Crippen molar-refractivity contribution in [1.82, 2.24) is 9.55 Å². The predicted octanol–water partition coefficient (Wildman–Crippen LogP) is 2.73. The molecule has 1 heterocycles. The second-order valence-corrected chi connectivity index (χ2v) is 7.96. The van der Waals surface area contributed by atoms with E-state index >= 15 is 0 Å². The maximum absolute atomic E-state index is 13.2. The van der Waals surface area contributed by atoms with Gasteiger partial charge in [0.25, 0.3) is 11.5 Å². The molecule has 1 aromatic carbocycles. The summed E-state index contributed by atoms with van der Waals surface area (Å²) in [4.78, 5) is 53.4. The summed E-state index contributed by atoms with van der Waals surface area (Å²) in [5.41, 5.74) is 5.29. The van der Waals surface area contributed by atoms with Gasteiger partial charge in [0.05, 0.1) is 7.11 Å². The van der Waals surface area contributed by atoms with Crippen molar-refractivity contribution in [2.24, 2.45) is 0 Å². The number of Topliss-reactive ketones (excluding diaryl/α,β-unsaturated/α-hetero) is 1. The van der Waals surface area contributed by atoms with Gasteiger partial charge in [-0.05, 0) is 38.0 Å². The van der Waals surface area contributed by atoms with E-state index in [2.05, 4.69) is 4.98 Å². The molecule has 2 aromatic rings. The molecule has 0 saturated heterocycles. The van der Waals surface area contributed by atoms with Gasteiger partial charge in [-0.15, -0.1) is 0 Å². The van der Waals surface area contributed by atoms with Gasteiger partial charge in [-0.25, -0.2) is 4.79 Å². The number of benzene rings is 1. The Kier molecular flexibility index (Phi) is 9.91. The van der Waals surface area contributed by atoms with Crippen molar-refractivity contribution in [2.45, 2.75) is 59.4 Å². The molecule has 0 bridgehead atoms. The van der Waals surface area contributed by atoms with Crippen molar-refractivity contribution in [3.05, 3.63) is 44.6 Å². The second kappa shape index (κ2) is 12.6. The normalized spacial score (nSPS) is 10.7. The minimum absolute atomic E-state index is 0.0459. The number of nitrogens with one attached hydrogen (secondary N) is 1. The third-order valence-electron chi connectivity index (χ3n) is 5.43. The van der Waals surface area contributed by atoms with Crippen LogP contribution in [0, 0.1) is 0 Å². The number of ether oxygens (including phenoxy) is 2. The quantitative estimate of drug-likeness (QED) is 0.336. The Morgan fingerprint density at radius 3 is 2.41 bits per heavy atom. The first-order valence-corrected chi connectivity index (χ1v) is 11.5. The lowest BCUT2D eigenvalue weighted by Gasteiger charge is -2.25. The lowest BCUT2D eigenvalue weighted by atomic mass is 10.1. The van der Waals surface area contributed by atoms with Crippen molar-refractivity contribution in [1.29, 1.82) is 0 Å². The van der Waals surface area contributed by atoms with E-state index in [1.165, 1.54) is 29.6 Å². The van der Waals surface area contributed by atoms with Gasteiger partial charge in [0.15, 0.2) is 29.6 Å². The van der Waals surface area contributed by atoms with Crippen LogP contribution in [0.5, 0.6) is 11.5 Å². The molecule has 0 fully saturated rings. The van der Waals surface area contributed by atoms with Crippen molar-refractivity contribution in [3.8, 4) is 11.5 Å². The van der Waals surface area contributed by atoms with Crippen LogP contribution >= 0.6 is 0 Å². The highest BCUT2D eigenvalue weighted by atomic mass is 16.5. The van der Waals surface area contributed by atoms with E-state index in [9.17, 15) is 19.2 Å². The van der Waals surface area contributed by atoms with Crippen LogP contribution in [-0.4, -0.2) is 41.5 Å². The monoisotopic (exact) mass is 474 g/mol. The molecule has 1 amide bonds. The lowest BCUT2D eigenvalue weighted by Crippen LogP contribution is -2.43. The Hall–Kier alpha value is -3.56. The van der Waals surface area contributed by atoms with Crippen molar-refractivity contribution in [3.63, 3.8) is 0 Å². The molecule has 10 heteroatoms. The van der Waals surface area contributed by atoms with E-state index in [1.54, 1.807) is 12.1 Å². The van der Waals surface area contributed by atoms with E-state index < -0.39 is 23.8 Å². The zero-order chi connectivity index (χ0) is 25.3. The number of nitrogen functional groups attached to an aromatic ring is 1. The Morgan fingerprint density at radius 1 is 1.09 bits per heavy atom. The van der Waals surface area contributed by atoms with E-state index in [0.29, 0.717) is 30.7 Å². The van der Waals surface area contributed by atoms with Gasteiger partial charge >= 0.3 is 5.69 Å². The van der Waals surface area contributed by atoms with Crippen LogP contribution in [0.3, 0.4) is 0 Å². The summed E-state index contributed by atoms with van der Waals surface area (Å²) in [6, 6.07) is 4.67. The van der Waals surface area contributed by atoms with Gasteiger partial charge in [-0.1, -0.05) is 33.1 Å². The number of anilines is 2. The molecule has 0 aliphatic rings. The number of hydrogen-bond donors (Lipinski definition) is 2. The van der Waals surface area contributed by atoms with E-state index in [-0.39, 0.29) is 29.6 Å². The summed E-state index contributed by atoms with van der Waals surface area (Å²) in [6.07, 6.45) is 3.93. The summed E-state index contributed by atoms with van der Waals surface area (Å²) in [6.45, 7) is 5.62. The maximum atomic E-state index is 13.2.